The topological polar surface area (TPSA) is 34.9 Å². The second kappa shape index (κ2) is 4.72. The molecule has 0 bridgehead atoms. The number of hydrogen-bond acceptors (Lipinski definition) is 2. The Kier molecular flexibility index (Phi) is 3.29. The number of hydrogen-bond donors (Lipinski definition) is 0. The van der Waals surface area contributed by atoms with Crippen molar-refractivity contribution in [1.82, 2.24) is 9.78 Å². The van der Waals surface area contributed by atoms with E-state index in [0.29, 0.717) is 10.6 Å². The Hall–Kier alpha value is -1.61. The van der Waals surface area contributed by atoms with Crippen LogP contribution >= 0.6 is 11.6 Å². The van der Waals surface area contributed by atoms with Gasteiger partial charge in [0.25, 0.3) is 0 Å². The van der Waals surface area contributed by atoms with E-state index in [1.165, 1.54) is 0 Å². The molecule has 0 amide bonds. The van der Waals surface area contributed by atoms with Crippen molar-refractivity contribution in [2.45, 2.75) is 19.9 Å². The third-order valence-corrected chi connectivity index (χ3v) is 2.92. The second-order valence-electron chi connectivity index (χ2n) is 4.11. The van der Waals surface area contributed by atoms with Crippen molar-refractivity contribution in [2.24, 2.45) is 0 Å². The van der Waals surface area contributed by atoms with E-state index in [1.807, 2.05) is 16.8 Å². The summed E-state index contributed by atoms with van der Waals surface area (Å²) >= 11 is 5.91. The highest BCUT2D eigenvalue weighted by molar-refractivity contribution is 6.33. The highest BCUT2D eigenvalue weighted by Crippen LogP contribution is 2.25. The number of halogens is 1. The number of rotatable bonds is 3. The lowest BCUT2D eigenvalue weighted by molar-refractivity contribution is 0.112. The second-order valence-corrected chi connectivity index (χ2v) is 4.52. The molecule has 2 rings (SSSR count). The van der Waals surface area contributed by atoms with Gasteiger partial charge in [0.2, 0.25) is 0 Å². The van der Waals surface area contributed by atoms with Gasteiger partial charge in [0, 0.05) is 23.4 Å². The van der Waals surface area contributed by atoms with Gasteiger partial charge in [-0.25, -0.2) is 0 Å². The number of carbonyl (C=O) groups is 1. The maximum atomic E-state index is 10.9. The molecule has 1 heterocycles. The molecule has 1 aromatic heterocycles. The van der Waals surface area contributed by atoms with Crippen molar-refractivity contribution in [3.05, 3.63) is 41.0 Å². The first-order valence-electron chi connectivity index (χ1n) is 5.42. The van der Waals surface area contributed by atoms with Gasteiger partial charge in [-0.2, -0.15) is 5.10 Å². The average molecular weight is 249 g/mol. The lowest BCUT2D eigenvalue weighted by Gasteiger charge is -2.11. The van der Waals surface area contributed by atoms with Crippen LogP contribution < -0.4 is 0 Å². The van der Waals surface area contributed by atoms with E-state index >= 15 is 0 Å². The average Bonchev–Trinajstić information content (AvgIpc) is 2.78. The lowest BCUT2D eigenvalue weighted by Crippen LogP contribution is -2.04. The van der Waals surface area contributed by atoms with Gasteiger partial charge in [0.15, 0.2) is 6.29 Å². The van der Waals surface area contributed by atoms with E-state index in [2.05, 4.69) is 18.9 Å². The van der Waals surface area contributed by atoms with Crippen LogP contribution in [0.15, 0.2) is 30.5 Å². The first kappa shape index (κ1) is 11.9. The highest BCUT2D eigenvalue weighted by atomic mass is 35.5. The van der Waals surface area contributed by atoms with Gasteiger partial charge in [-0.3, -0.25) is 9.48 Å². The molecule has 2 aromatic rings. The molecule has 88 valence electrons. The summed E-state index contributed by atoms with van der Waals surface area (Å²) in [4.78, 5) is 10.9. The Bertz CT molecular complexity index is 546. The third-order valence-electron chi connectivity index (χ3n) is 2.58. The van der Waals surface area contributed by atoms with Crippen LogP contribution in [-0.4, -0.2) is 16.1 Å². The standard InChI is InChI=1S/C13H13ClN2O/c1-9(2)16-13(5-6-15-16)10-3-4-12(14)11(7-10)8-17/h3-9H,1-2H3. The molecule has 0 saturated carbocycles. The van der Waals surface area contributed by atoms with Crippen LogP contribution in [0.3, 0.4) is 0 Å². The number of carbonyl (C=O) groups excluding carboxylic acids is 1. The smallest absolute Gasteiger partial charge is 0.151 e. The van der Waals surface area contributed by atoms with Gasteiger partial charge < -0.3 is 0 Å². The molecule has 0 fully saturated rings. The number of aldehydes is 1. The predicted octanol–water partition coefficient (Wildman–Crippen LogP) is 3.60. The fraction of sp³-hybridized carbons (Fsp3) is 0.231. The zero-order valence-corrected chi connectivity index (χ0v) is 10.5. The molecule has 0 atom stereocenters. The quantitative estimate of drug-likeness (QED) is 0.778. The molecule has 0 unspecified atom stereocenters. The molecular formula is C13H13ClN2O. The van der Waals surface area contributed by atoms with Gasteiger partial charge in [-0.1, -0.05) is 17.7 Å². The van der Waals surface area contributed by atoms with Crippen molar-refractivity contribution in [3.8, 4) is 11.3 Å². The molecule has 0 radical (unpaired) electrons. The first-order chi connectivity index (χ1) is 8.13. The fourth-order valence-corrected chi connectivity index (χ4v) is 1.91. The summed E-state index contributed by atoms with van der Waals surface area (Å²) in [6.45, 7) is 4.13. The first-order valence-corrected chi connectivity index (χ1v) is 5.80. The van der Waals surface area contributed by atoms with Crippen LogP contribution in [0.2, 0.25) is 5.02 Å². The van der Waals surface area contributed by atoms with Gasteiger partial charge in [-0.15, -0.1) is 0 Å². The zero-order valence-electron chi connectivity index (χ0n) is 9.72. The summed E-state index contributed by atoms with van der Waals surface area (Å²) in [6, 6.07) is 7.61. The number of aromatic nitrogens is 2. The highest BCUT2D eigenvalue weighted by Gasteiger charge is 2.09. The summed E-state index contributed by atoms with van der Waals surface area (Å²) < 4.78 is 1.91. The molecule has 17 heavy (non-hydrogen) atoms. The minimum atomic E-state index is 0.273. The van der Waals surface area contributed by atoms with Crippen molar-refractivity contribution in [3.63, 3.8) is 0 Å². The summed E-state index contributed by atoms with van der Waals surface area (Å²) in [6.07, 6.45) is 2.52. The zero-order chi connectivity index (χ0) is 12.4. The molecule has 0 N–H and O–H groups in total. The SMILES string of the molecule is CC(C)n1nccc1-c1ccc(Cl)c(C=O)c1. The predicted molar refractivity (Wildman–Crippen MR) is 68.4 cm³/mol. The normalized spacial score (nSPS) is 10.8. The Morgan fingerprint density at radius 3 is 2.76 bits per heavy atom. The van der Waals surface area contributed by atoms with E-state index in [-0.39, 0.29) is 6.04 Å². The molecule has 1 aromatic carbocycles. The fourth-order valence-electron chi connectivity index (χ4n) is 1.75. The van der Waals surface area contributed by atoms with Crippen molar-refractivity contribution < 1.29 is 4.79 Å². The Balaban J connectivity index is 2.53. The lowest BCUT2D eigenvalue weighted by atomic mass is 10.1. The molecule has 0 aliphatic heterocycles. The van der Waals surface area contributed by atoms with E-state index in [4.69, 9.17) is 11.6 Å². The number of benzene rings is 1. The molecule has 0 saturated heterocycles. The Morgan fingerprint density at radius 2 is 2.12 bits per heavy atom. The molecule has 3 nitrogen and oxygen atoms in total. The van der Waals surface area contributed by atoms with E-state index < -0.39 is 0 Å². The van der Waals surface area contributed by atoms with Gasteiger partial charge in [0.05, 0.1) is 10.7 Å². The Morgan fingerprint density at radius 1 is 1.35 bits per heavy atom. The van der Waals surface area contributed by atoms with E-state index in [0.717, 1.165) is 17.5 Å². The van der Waals surface area contributed by atoms with Crippen LogP contribution in [-0.2, 0) is 0 Å². The third kappa shape index (κ3) is 2.24. The maximum Gasteiger partial charge on any atom is 0.151 e. The largest absolute Gasteiger partial charge is 0.298 e. The number of nitrogens with zero attached hydrogens (tertiary/aromatic N) is 2. The van der Waals surface area contributed by atoms with Crippen LogP contribution in [0, 0.1) is 0 Å². The van der Waals surface area contributed by atoms with Gasteiger partial charge in [-0.05, 0) is 32.0 Å². The molecule has 0 aliphatic carbocycles. The molecular weight excluding hydrogens is 236 g/mol. The molecule has 0 aliphatic rings. The van der Waals surface area contributed by atoms with E-state index in [9.17, 15) is 4.79 Å². The van der Waals surface area contributed by atoms with Crippen molar-refractivity contribution >= 4 is 17.9 Å². The minimum absolute atomic E-state index is 0.273. The Labute approximate surface area is 105 Å². The van der Waals surface area contributed by atoms with E-state index in [1.54, 1.807) is 18.3 Å². The maximum absolute atomic E-state index is 10.9. The minimum Gasteiger partial charge on any atom is -0.298 e. The van der Waals surface area contributed by atoms with Crippen LogP contribution in [0.5, 0.6) is 0 Å². The van der Waals surface area contributed by atoms with Crippen LogP contribution in [0.4, 0.5) is 0 Å². The van der Waals surface area contributed by atoms with Gasteiger partial charge >= 0.3 is 0 Å². The summed E-state index contributed by atoms with van der Waals surface area (Å²) in [5.41, 5.74) is 2.43. The van der Waals surface area contributed by atoms with Gasteiger partial charge in [0.1, 0.15) is 0 Å². The summed E-state index contributed by atoms with van der Waals surface area (Å²) in [5.74, 6) is 0. The van der Waals surface area contributed by atoms with Crippen LogP contribution in [0.25, 0.3) is 11.3 Å². The van der Waals surface area contributed by atoms with Crippen LogP contribution in [0.1, 0.15) is 30.2 Å². The molecule has 0 spiro atoms. The van der Waals surface area contributed by atoms with Crippen molar-refractivity contribution in [2.75, 3.05) is 0 Å². The summed E-state index contributed by atoms with van der Waals surface area (Å²) in [7, 11) is 0. The monoisotopic (exact) mass is 248 g/mol. The summed E-state index contributed by atoms with van der Waals surface area (Å²) in [5, 5.41) is 4.74. The van der Waals surface area contributed by atoms with Crippen molar-refractivity contribution in [1.29, 1.82) is 0 Å². The molecule has 4 heteroatoms.